The number of hydrogen-bond donors (Lipinski definition) is 1. The fourth-order valence-corrected chi connectivity index (χ4v) is 2.56. The Morgan fingerprint density at radius 3 is 2.74 bits per heavy atom. The summed E-state index contributed by atoms with van der Waals surface area (Å²) >= 11 is 1.57. The zero-order valence-corrected chi connectivity index (χ0v) is 12.3. The van der Waals surface area contributed by atoms with E-state index in [-0.39, 0.29) is 0 Å². The number of pyridine rings is 1. The van der Waals surface area contributed by atoms with E-state index in [0.717, 1.165) is 28.7 Å². The van der Waals surface area contributed by atoms with Gasteiger partial charge in [0.1, 0.15) is 6.33 Å². The summed E-state index contributed by atoms with van der Waals surface area (Å²) in [6.45, 7) is 5.23. The van der Waals surface area contributed by atoms with Crippen LogP contribution >= 0.6 is 11.8 Å². The first-order chi connectivity index (χ1) is 9.24. The second-order valence-corrected chi connectivity index (χ2v) is 5.30. The molecule has 0 saturated carbocycles. The Morgan fingerprint density at radius 1 is 1.37 bits per heavy atom. The molecule has 1 unspecified atom stereocenters. The van der Waals surface area contributed by atoms with Gasteiger partial charge in [-0.3, -0.25) is 4.98 Å². The number of aryl methyl sites for hydroxylation is 1. The predicted octanol–water partition coefficient (Wildman–Crippen LogP) is 2.42. The SMILES string of the molecule is CCNC(CC)c1ccc(Sc2nncn2C)cn1. The normalized spacial score (nSPS) is 12.6. The summed E-state index contributed by atoms with van der Waals surface area (Å²) in [6.07, 6.45) is 4.63. The molecule has 0 aliphatic carbocycles. The van der Waals surface area contributed by atoms with Crippen LogP contribution in [0.2, 0.25) is 0 Å². The van der Waals surface area contributed by atoms with Gasteiger partial charge in [0.05, 0.1) is 5.69 Å². The van der Waals surface area contributed by atoms with Crippen molar-refractivity contribution in [1.82, 2.24) is 25.1 Å². The van der Waals surface area contributed by atoms with Gasteiger partial charge in [-0.25, -0.2) is 0 Å². The number of hydrogen-bond acceptors (Lipinski definition) is 5. The number of nitrogens with zero attached hydrogens (tertiary/aromatic N) is 4. The lowest BCUT2D eigenvalue weighted by Crippen LogP contribution is -2.20. The Labute approximate surface area is 117 Å². The molecule has 0 spiro atoms. The summed E-state index contributed by atoms with van der Waals surface area (Å²) in [7, 11) is 1.93. The summed E-state index contributed by atoms with van der Waals surface area (Å²) in [5, 5.41) is 12.2. The van der Waals surface area contributed by atoms with Crippen LogP contribution in [0.5, 0.6) is 0 Å². The van der Waals surface area contributed by atoms with Crippen LogP contribution < -0.4 is 5.32 Å². The molecule has 2 aromatic heterocycles. The van der Waals surface area contributed by atoms with E-state index in [4.69, 9.17) is 0 Å². The first kappa shape index (κ1) is 14.0. The van der Waals surface area contributed by atoms with E-state index in [9.17, 15) is 0 Å². The molecule has 19 heavy (non-hydrogen) atoms. The minimum atomic E-state index is 0.332. The Hall–Kier alpha value is -1.40. The van der Waals surface area contributed by atoms with Gasteiger partial charge in [-0.15, -0.1) is 10.2 Å². The molecule has 0 aliphatic rings. The highest BCUT2D eigenvalue weighted by atomic mass is 32.2. The molecular formula is C13H19N5S. The van der Waals surface area contributed by atoms with Gasteiger partial charge in [-0.1, -0.05) is 13.8 Å². The van der Waals surface area contributed by atoms with Crippen LogP contribution in [0.1, 0.15) is 32.0 Å². The van der Waals surface area contributed by atoms with Crippen molar-refractivity contribution in [2.24, 2.45) is 7.05 Å². The fraction of sp³-hybridized carbons (Fsp3) is 0.462. The summed E-state index contributed by atoms with van der Waals surface area (Å²) in [6, 6.07) is 4.50. The Kier molecular flexibility index (Phi) is 4.93. The second-order valence-electron chi connectivity index (χ2n) is 4.26. The van der Waals surface area contributed by atoms with Crippen molar-refractivity contribution in [3.8, 4) is 0 Å². The molecule has 0 saturated heterocycles. The van der Waals surface area contributed by atoms with Gasteiger partial charge >= 0.3 is 0 Å². The third-order valence-electron chi connectivity index (χ3n) is 2.85. The van der Waals surface area contributed by atoms with E-state index in [1.54, 1.807) is 18.1 Å². The van der Waals surface area contributed by atoms with Gasteiger partial charge in [-0.2, -0.15) is 0 Å². The lowest BCUT2D eigenvalue weighted by molar-refractivity contribution is 0.524. The molecule has 2 heterocycles. The zero-order valence-electron chi connectivity index (χ0n) is 11.5. The molecule has 0 radical (unpaired) electrons. The van der Waals surface area contributed by atoms with Crippen LogP contribution in [-0.2, 0) is 7.05 Å². The minimum Gasteiger partial charge on any atom is -0.311 e. The second kappa shape index (κ2) is 6.68. The van der Waals surface area contributed by atoms with Crippen molar-refractivity contribution in [2.75, 3.05) is 6.54 Å². The zero-order chi connectivity index (χ0) is 13.7. The highest BCUT2D eigenvalue weighted by Gasteiger charge is 2.10. The summed E-state index contributed by atoms with van der Waals surface area (Å²) in [5.41, 5.74) is 1.09. The fourth-order valence-electron chi connectivity index (χ4n) is 1.83. The van der Waals surface area contributed by atoms with Crippen molar-refractivity contribution >= 4 is 11.8 Å². The van der Waals surface area contributed by atoms with Crippen molar-refractivity contribution in [3.63, 3.8) is 0 Å². The molecule has 0 aromatic carbocycles. The molecule has 1 atom stereocenters. The largest absolute Gasteiger partial charge is 0.311 e. The van der Waals surface area contributed by atoms with E-state index in [2.05, 4.69) is 46.5 Å². The summed E-state index contributed by atoms with van der Waals surface area (Å²) in [4.78, 5) is 5.61. The molecule has 102 valence electrons. The van der Waals surface area contributed by atoms with E-state index >= 15 is 0 Å². The molecule has 0 aliphatic heterocycles. The van der Waals surface area contributed by atoms with E-state index < -0.39 is 0 Å². The van der Waals surface area contributed by atoms with Crippen LogP contribution in [-0.4, -0.2) is 26.3 Å². The van der Waals surface area contributed by atoms with Crippen LogP contribution in [0.15, 0.2) is 34.7 Å². The van der Waals surface area contributed by atoms with E-state index in [1.165, 1.54) is 0 Å². The lowest BCUT2D eigenvalue weighted by Gasteiger charge is -2.15. The maximum absolute atomic E-state index is 4.54. The van der Waals surface area contributed by atoms with Crippen LogP contribution in [0.4, 0.5) is 0 Å². The van der Waals surface area contributed by atoms with Gasteiger partial charge in [0, 0.05) is 24.2 Å². The molecule has 6 heteroatoms. The molecule has 5 nitrogen and oxygen atoms in total. The quantitative estimate of drug-likeness (QED) is 0.879. The van der Waals surface area contributed by atoms with Gasteiger partial charge in [0.15, 0.2) is 5.16 Å². The van der Waals surface area contributed by atoms with E-state index in [0.29, 0.717) is 6.04 Å². The average Bonchev–Trinajstić information content (AvgIpc) is 2.83. The van der Waals surface area contributed by atoms with Crippen molar-refractivity contribution in [3.05, 3.63) is 30.4 Å². The van der Waals surface area contributed by atoms with Gasteiger partial charge in [0.2, 0.25) is 0 Å². The third kappa shape index (κ3) is 3.54. The molecule has 1 N–H and O–H groups in total. The summed E-state index contributed by atoms with van der Waals surface area (Å²) < 4.78 is 1.89. The average molecular weight is 277 g/mol. The maximum Gasteiger partial charge on any atom is 0.195 e. The van der Waals surface area contributed by atoms with Crippen molar-refractivity contribution in [2.45, 2.75) is 36.4 Å². The molecule has 2 aromatic rings. The van der Waals surface area contributed by atoms with Crippen LogP contribution in [0, 0.1) is 0 Å². The minimum absolute atomic E-state index is 0.332. The van der Waals surface area contributed by atoms with Crippen molar-refractivity contribution in [1.29, 1.82) is 0 Å². The highest BCUT2D eigenvalue weighted by Crippen LogP contribution is 2.25. The van der Waals surface area contributed by atoms with Crippen LogP contribution in [0.25, 0.3) is 0 Å². The number of rotatable bonds is 6. The van der Waals surface area contributed by atoms with E-state index in [1.807, 2.05) is 17.8 Å². The third-order valence-corrected chi connectivity index (χ3v) is 3.88. The molecule has 0 amide bonds. The molecule has 2 rings (SSSR count). The standard InChI is InChI=1S/C13H19N5S/c1-4-11(14-5-2)12-7-6-10(8-15-12)19-13-17-16-9-18(13)3/h6-9,11,14H,4-5H2,1-3H3. The van der Waals surface area contributed by atoms with Gasteiger partial charge in [-0.05, 0) is 36.9 Å². The Balaban J connectivity index is 2.08. The summed E-state index contributed by atoms with van der Waals surface area (Å²) in [5.74, 6) is 0. The molecular weight excluding hydrogens is 258 g/mol. The number of aromatic nitrogens is 4. The monoisotopic (exact) mass is 277 g/mol. The maximum atomic E-state index is 4.54. The number of nitrogens with one attached hydrogen (secondary N) is 1. The van der Waals surface area contributed by atoms with Gasteiger partial charge < -0.3 is 9.88 Å². The first-order valence-corrected chi connectivity index (χ1v) is 7.27. The molecule has 0 fully saturated rings. The first-order valence-electron chi connectivity index (χ1n) is 6.45. The van der Waals surface area contributed by atoms with Crippen LogP contribution in [0.3, 0.4) is 0 Å². The van der Waals surface area contributed by atoms with Gasteiger partial charge in [0.25, 0.3) is 0 Å². The Morgan fingerprint density at radius 2 is 2.21 bits per heavy atom. The van der Waals surface area contributed by atoms with Crippen molar-refractivity contribution < 1.29 is 0 Å². The smallest absolute Gasteiger partial charge is 0.195 e. The highest BCUT2D eigenvalue weighted by molar-refractivity contribution is 7.99. The molecule has 0 bridgehead atoms. The topological polar surface area (TPSA) is 55.6 Å². The predicted molar refractivity (Wildman–Crippen MR) is 76.1 cm³/mol. The Bertz CT molecular complexity index is 508. The lowest BCUT2D eigenvalue weighted by atomic mass is 10.1.